The highest BCUT2D eigenvalue weighted by atomic mass is 32.1. The van der Waals surface area contributed by atoms with Gasteiger partial charge in [0.2, 0.25) is 0 Å². The van der Waals surface area contributed by atoms with Crippen molar-refractivity contribution in [3.8, 4) is 0 Å². The van der Waals surface area contributed by atoms with Crippen LogP contribution in [0.3, 0.4) is 0 Å². The first kappa shape index (κ1) is 32.1. The van der Waals surface area contributed by atoms with Crippen LogP contribution >= 0.6 is 34.0 Å². The average Bonchev–Trinajstić information content (AvgIpc) is 3.94. The van der Waals surface area contributed by atoms with Crippen LogP contribution in [0.15, 0.2) is 77.9 Å². The van der Waals surface area contributed by atoms with E-state index in [1.165, 1.54) is 50.7 Å². The van der Waals surface area contributed by atoms with Crippen molar-refractivity contribution in [1.29, 1.82) is 0 Å². The summed E-state index contributed by atoms with van der Waals surface area (Å²) in [6.07, 6.45) is 1.98. The predicted octanol–water partition coefficient (Wildman–Crippen LogP) is 9.80. The fourth-order valence-corrected chi connectivity index (χ4v) is 10.2. The lowest BCUT2D eigenvalue weighted by molar-refractivity contribution is 0.0975. The van der Waals surface area contributed by atoms with E-state index in [0.29, 0.717) is 63.9 Å². The van der Waals surface area contributed by atoms with Crippen molar-refractivity contribution in [1.82, 2.24) is 4.57 Å². The number of carbonyl (C=O) groups excluding carboxylic acids is 5. The molecule has 254 valence electrons. The molecule has 0 bridgehead atoms. The van der Waals surface area contributed by atoms with Crippen molar-refractivity contribution < 1.29 is 46.3 Å². The van der Waals surface area contributed by atoms with Gasteiger partial charge in [0.05, 0.1) is 36.3 Å². The first-order valence-electron chi connectivity index (χ1n) is 15.3. The summed E-state index contributed by atoms with van der Waals surface area (Å²) in [7, 11) is 0. The summed E-state index contributed by atoms with van der Waals surface area (Å²) in [5, 5.41) is 0. The summed E-state index contributed by atoms with van der Waals surface area (Å²) >= 11 is 3.71. The van der Waals surface area contributed by atoms with Gasteiger partial charge in [-0.2, -0.15) is 0 Å². The fourth-order valence-electron chi connectivity index (χ4n) is 6.39. The number of nitrogens with zero attached hydrogens (tertiary/aromatic N) is 1. The van der Waals surface area contributed by atoms with Gasteiger partial charge < -0.3 is 4.74 Å². The molecular weight excluding hydrogens is 739 g/mol. The van der Waals surface area contributed by atoms with Gasteiger partial charge in [-0.25, -0.2) is 26.9 Å². The second-order valence-corrected chi connectivity index (χ2v) is 15.1. The number of allylic oxidation sites excluding steroid dienone is 2. The van der Waals surface area contributed by atoms with Crippen molar-refractivity contribution in [3.05, 3.63) is 139 Å². The summed E-state index contributed by atoms with van der Waals surface area (Å²) in [5.74, 6) is -7.92. The van der Waals surface area contributed by atoms with Crippen LogP contribution < -0.4 is 0 Å². The third-order valence-corrected chi connectivity index (χ3v) is 12.4. The molecule has 0 saturated heterocycles. The van der Waals surface area contributed by atoms with Gasteiger partial charge in [-0.3, -0.25) is 19.2 Å². The minimum absolute atomic E-state index is 0.0443. The Bertz CT molecular complexity index is 2800. The van der Waals surface area contributed by atoms with Crippen molar-refractivity contribution in [2.24, 2.45) is 0 Å². The predicted molar refractivity (Wildman–Crippen MR) is 189 cm³/mol. The summed E-state index contributed by atoms with van der Waals surface area (Å²) < 4.78 is 65.4. The number of aromatic nitrogens is 1. The van der Waals surface area contributed by atoms with Gasteiger partial charge >= 0.3 is 6.09 Å². The Morgan fingerprint density at radius 3 is 1.62 bits per heavy atom. The molecule has 3 aromatic carbocycles. The van der Waals surface area contributed by atoms with Crippen LogP contribution in [0.1, 0.15) is 56.7 Å². The van der Waals surface area contributed by atoms with Gasteiger partial charge in [0, 0.05) is 36.7 Å². The van der Waals surface area contributed by atoms with E-state index in [9.17, 15) is 41.5 Å². The molecule has 2 aliphatic rings. The largest absolute Gasteiger partial charge is 0.444 e. The highest BCUT2D eigenvalue weighted by molar-refractivity contribution is 7.36. The van der Waals surface area contributed by atoms with E-state index < -0.39 is 52.5 Å². The third kappa shape index (κ3) is 4.78. The molecule has 0 saturated carbocycles. The van der Waals surface area contributed by atoms with Crippen molar-refractivity contribution in [3.63, 3.8) is 0 Å². The van der Waals surface area contributed by atoms with Gasteiger partial charge in [0.15, 0.2) is 46.4 Å². The van der Waals surface area contributed by atoms with Crippen LogP contribution in [0.2, 0.25) is 0 Å². The van der Waals surface area contributed by atoms with Crippen LogP contribution in [-0.2, 0) is 11.3 Å². The smallest absolute Gasteiger partial charge is 0.419 e. The number of carbonyl (C=O) groups is 5. The lowest BCUT2D eigenvalue weighted by Crippen LogP contribution is -2.13. The molecule has 0 aliphatic heterocycles. The number of ketones is 4. The number of rotatable bonds is 4. The summed E-state index contributed by atoms with van der Waals surface area (Å²) in [4.78, 5) is 67.0. The first-order valence-corrected chi connectivity index (χ1v) is 17.7. The zero-order valence-electron chi connectivity index (χ0n) is 25.8. The summed E-state index contributed by atoms with van der Waals surface area (Å²) in [6, 6.07) is 15.2. The van der Waals surface area contributed by atoms with Crippen molar-refractivity contribution in [2.45, 2.75) is 6.61 Å². The number of thiophene rings is 3. The zero-order chi connectivity index (χ0) is 36.2. The summed E-state index contributed by atoms with van der Waals surface area (Å²) in [5.41, 5.74) is 0.223. The molecular formula is C38H15F4NO6S3. The van der Waals surface area contributed by atoms with Gasteiger partial charge in [-0.15, -0.1) is 34.0 Å². The number of Topliss-reactive ketones (excluding diaryl/α,β-unsaturated/α-hetero) is 4. The number of halogens is 4. The SMILES string of the molecule is O=C1C(=Cc2cc3c(s2)c2sc4cc(C=C5C(=O)c6cc(F)c(F)cc6C5=O)sc4c2n3C(=O)OCc2ccccc2)C(=O)c2cc(F)c(F)cc21. The van der Waals surface area contributed by atoms with E-state index in [4.69, 9.17) is 4.74 Å². The Balaban J connectivity index is 1.15. The Hall–Kier alpha value is -5.83. The molecule has 0 unspecified atom stereocenters. The van der Waals surface area contributed by atoms with Crippen LogP contribution in [-0.4, -0.2) is 33.8 Å². The van der Waals surface area contributed by atoms with Crippen LogP contribution in [0.4, 0.5) is 22.4 Å². The number of benzene rings is 3. The zero-order valence-corrected chi connectivity index (χ0v) is 28.3. The highest BCUT2D eigenvalue weighted by Crippen LogP contribution is 2.48. The Labute approximate surface area is 300 Å². The average molecular weight is 754 g/mol. The minimum atomic E-state index is -1.25. The maximum absolute atomic E-state index is 13.9. The Morgan fingerprint density at radius 1 is 0.615 bits per heavy atom. The molecule has 2 aliphatic carbocycles. The molecule has 0 amide bonds. The van der Waals surface area contributed by atoms with E-state index in [-0.39, 0.29) is 40.0 Å². The van der Waals surface area contributed by atoms with Gasteiger partial charge in [0.1, 0.15) is 6.61 Å². The van der Waals surface area contributed by atoms with E-state index >= 15 is 0 Å². The lowest BCUT2D eigenvalue weighted by atomic mass is 10.1. The molecule has 0 N–H and O–H groups in total. The first-order chi connectivity index (χ1) is 25.0. The molecule has 52 heavy (non-hydrogen) atoms. The van der Waals surface area contributed by atoms with Gasteiger partial charge in [0.25, 0.3) is 0 Å². The summed E-state index contributed by atoms with van der Waals surface area (Å²) in [6.45, 7) is -0.0443. The maximum Gasteiger partial charge on any atom is 0.419 e. The van der Waals surface area contributed by atoms with Crippen molar-refractivity contribution in [2.75, 3.05) is 0 Å². The third-order valence-electron chi connectivity index (χ3n) is 8.80. The van der Waals surface area contributed by atoms with Crippen LogP contribution in [0.25, 0.3) is 42.0 Å². The molecule has 9 rings (SSSR count). The minimum Gasteiger partial charge on any atom is -0.444 e. The van der Waals surface area contributed by atoms with E-state index in [0.717, 1.165) is 5.56 Å². The standard InChI is InChI=1S/C38H15F4NO6S3/c39-24-10-18-19(11-25(24)40)32(45)22(31(18)44)6-16-8-28-35(50-16)37-30(43(28)38(48)49-14-15-4-2-1-3-5-15)36-29(52-37)9-17(51-36)7-23-33(46)20-12-26(41)27(42)13-21(20)34(23)47/h1-13H,14H2. The lowest BCUT2D eigenvalue weighted by Gasteiger charge is -2.07. The number of hydrogen-bond acceptors (Lipinski definition) is 9. The van der Waals surface area contributed by atoms with E-state index in [2.05, 4.69) is 0 Å². The molecule has 0 radical (unpaired) electrons. The molecule has 0 atom stereocenters. The van der Waals surface area contributed by atoms with E-state index in [1.807, 2.05) is 6.07 Å². The fraction of sp³-hybridized carbons (Fsp3) is 0.0263. The Kier molecular flexibility index (Phi) is 7.16. The number of ether oxygens (including phenoxy) is 1. The second kappa shape index (κ2) is 11.6. The number of fused-ring (bicyclic) bond motifs is 7. The number of hydrogen-bond donors (Lipinski definition) is 0. The molecule has 0 spiro atoms. The molecule has 4 heterocycles. The normalized spacial score (nSPS) is 14.0. The molecule has 7 nitrogen and oxygen atoms in total. The monoisotopic (exact) mass is 753 g/mol. The molecule has 7 aromatic rings. The van der Waals surface area contributed by atoms with Crippen LogP contribution in [0.5, 0.6) is 0 Å². The Morgan fingerprint density at radius 2 is 1.10 bits per heavy atom. The second-order valence-electron chi connectivity index (χ2n) is 11.9. The van der Waals surface area contributed by atoms with Gasteiger partial charge in [-0.05, 0) is 54.1 Å². The molecule has 4 aromatic heterocycles. The molecule has 14 heteroatoms. The quantitative estimate of drug-likeness (QED) is 0.101. The maximum atomic E-state index is 13.9. The van der Waals surface area contributed by atoms with E-state index in [1.54, 1.807) is 36.4 Å². The highest BCUT2D eigenvalue weighted by Gasteiger charge is 2.36. The van der Waals surface area contributed by atoms with Gasteiger partial charge in [-0.1, -0.05) is 30.3 Å². The topological polar surface area (TPSA) is 99.5 Å². The van der Waals surface area contributed by atoms with Crippen LogP contribution in [0, 0.1) is 23.3 Å². The van der Waals surface area contributed by atoms with Crippen molar-refractivity contribution >= 4 is 105 Å². The molecule has 0 fully saturated rings.